The van der Waals surface area contributed by atoms with Crippen molar-refractivity contribution in [1.82, 2.24) is 19.7 Å². The molecular weight excluding hydrogens is 541 g/mol. The number of methoxy groups -OCH3 is 1. The molecule has 1 fully saturated rings. The van der Waals surface area contributed by atoms with Crippen molar-refractivity contribution in [2.24, 2.45) is 5.73 Å². The summed E-state index contributed by atoms with van der Waals surface area (Å²) >= 11 is 2.41. The number of nitrogens with zero attached hydrogens (tertiary/aromatic N) is 4. The lowest BCUT2D eigenvalue weighted by molar-refractivity contribution is -0.137. The average Bonchev–Trinajstić information content (AvgIpc) is 3.31. The monoisotopic (exact) mass is 571 g/mol. The van der Waals surface area contributed by atoms with Gasteiger partial charge in [-0.15, -0.1) is 10.2 Å². The summed E-state index contributed by atoms with van der Waals surface area (Å²) in [6.07, 6.45) is 3.89. The van der Waals surface area contributed by atoms with Crippen molar-refractivity contribution >= 4 is 28.5 Å². The summed E-state index contributed by atoms with van der Waals surface area (Å²) in [5.74, 6) is 2.44. The number of ether oxygens (including phenoxy) is 1. The quantitative estimate of drug-likeness (QED) is 0.356. The Balaban J connectivity index is 1.32. The molecule has 0 radical (unpaired) electrons. The van der Waals surface area contributed by atoms with E-state index in [1.54, 1.807) is 7.11 Å². The second-order valence-electron chi connectivity index (χ2n) is 9.33. The van der Waals surface area contributed by atoms with Crippen LogP contribution in [-0.2, 0) is 27.7 Å². The van der Waals surface area contributed by atoms with E-state index in [0.29, 0.717) is 18.9 Å². The third-order valence-corrected chi connectivity index (χ3v) is 8.40. The van der Waals surface area contributed by atoms with Gasteiger partial charge in [-0.05, 0) is 48.9 Å². The fourth-order valence-corrected chi connectivity index (χ4v) is 5.93. The molecule has 1 amide bonds. The molecule has 0 spiro atoms. The SMILES string of the molecule is COc1cccc(-c2nnc3n2CC(=O)N(C2CCC(CN)(c4cccc(CI)c4)CC2)C3)c1. The molecule has 0 atom stereocenters. The standard InChI is InChI=1S/C26H30IN5O2/c1-34-22-7-3-5-19(13-22)25-30-29-23-15-31(24(33)16-32(23)25)21-8-10-26(17-28,11-9-21)20-6-2-4-18(12-20)14-27/h2-7,12-13,21H,8-11,14-17,28H2,1H3. The normalized spacial score (nSPS) is 22.5. The largest absolute Gasteiger partial charge is 0.497 e. The van der Waals surface area contributed by atoms with Gasteiger partial charge in [0.25, 0.3) is 0 Å². The van der Waals surface area contributed by atoms with Gasteiger partial charge in [0, 0.05) is 28.0 Å². The van der Waals surface area contributed by atoms with Crippen LogP contribution in [0.15, 0.2) is 48.5 Å². The Bertz CT molecular complexity index is 1190. The minimum absolute atomic E-state index is 0.00326. The van der Waals surface area contributed by atoms with E-state index in [-0.39, 0.29) is 23.9 Å². The maximum Gasteiger partial charge on any atom is 0.243 e. The molecule has 178 valence electrons. The van der Waals surface area contributed by atoms with Gasteiger partial charge in [0.2, 0.25) is 5.91 Å². The highest BCUT2D eigenvalue weighted by molar-refractivity contribution is 14.1. The fourth-order valence-electron chi connectivity index (χ4n) is 5.46. The van der Waals surface area contributed by atoms with Crippen molar-refractivity contribution in [2.45, 2.75) is 54.7 Å². The van der Waals surface area contributed by atoms with Crippen LogP contribution in [0.4, 0.5) is 0 Å². The van der Waals surface area contributed by atoms with Crippen molar-refractivity contribution in [3.63, 3.8) is 0 Å². The Hall–Kier alpha value is -2.46. The van der Waals surface area contributed by atoms with Gasteiger partial charge in [-0.1, -0.05) is 59.0 Å². The Labute approximate surface area is 213 Å². The predicted octanol–water partition coefficient (Wildman–Crippen LogP) is 4.07. The van der Waals surface area contributed by atoms with E-state index < -0.39 is 0 Å². The second-order valence-corrected chi connectivity index (χ2v) is 10.1. The average molecular weight is 571 g/mol. The minimum Gasteiger partial charge on any atom is -0.497 e. The molecule has 2 N–H and O–H groups in total. The Morgan fingerprint density at radius 3 is 2.65 bits per heavy atom. The summed E-state index contributed by atoms with van der Waals surface area (Å²) in [5, 5.41) is 8.85. The Kier molecular flexibility index (Phi) is 6.61. The lowest BCUT2D eigenvalue weighted by Gasteiger charge is -2.44. The lowest BCUT2D eigenvalue weighted by atomic mass is 9.67. The molecule has 2 aromatic carbocycles. The molecule has 1 aliphatic carbocycles. The second kappa shape index (κ2) is 9.65. The van der Waals surface area contributed by atoms with Crippen LogP contribution in [0.5, 0.6) is 5.75 Å². The highest BCUT2D eigenvalue weighted by Gasteiger charge is 2.40. The van der Waals surface area contributed by atoms with E-state index >= 15 is 0 Å². The Morgan fingerprint density at radius 2 is 1.91 bits per heavy atom. The molecule has 2 aliphatic rings. The number of alkyl halides is 1. The third kappa shape index (κ3) is 4.22. The predicted molar refractivity (Wildman–Crippen MR) is 140 cm³/mol. The number of fused-ring (bicyclic) bond motifs is 1. The number of benzene rings is 2. The highest BCUT2D eigenvalue weighted by atomic mass is 127. The van der Waals surface area contributed by atoms with Gasteiger partial charge in [-0.2, -0.15) is 0 Å². The van der Waals surface area contributed by atoms with E-state index in [0.717, 1.165) is 47.2 Å². The number of rotatable bonds is 6. The van der Waals surface area contributed by atoms with Crippen LogP contribution in [0.1, 0.15) is 42.6 Å². The molecular formula is C26H30IN5O2. The maximum absolute atomic E-state index is 13.2. The van der Waals surface area contributed by atoms with E-state index in [1.807, 2.05) is 33.7 Å². The van der Waals surface area contributed by atoms with Gasteiger partial charge in [0.15, 0.2) is 11.6 Å². The summed E-state index contributed by atoms with van der Waals surface area (Å²) < 4.78 is 8.28. The zero-order valence-electron chi connectivity index (χ0n) is 19.4. The number of halogens is 1. The zero-order valence-corrected chi connectivity index (χ0v) is 21.6. The first kappa shape index (κ1) is 23.3. The number of nitrogens with two attached hydrogens (primary N) is 1. The van der Waals surface area contributed by atoms with Crippen LogP contribution in [0.3, 0.4) is 0 Å². The molecule has 1 aromatic heterocycles. The first-order valence-corrected chi connectivity index (χ1v) is 13.3. The molecule has 0 bridgehead atoms. The molecule has 8 heteroatoms. The van der Waals surface area contributed by atoms with Gasteiger partial charge in [-0.3, -0.25) is 9.36 Å². The number of carbonyl (C=O) groups is 1. The van der Waals surface area contributed by atoms with Crippen molar-refractivity contribution in [3.8, 4) is 17.1 Å². The molecule has 1 saturated carbocycles. The highest BCUT2D eigenvalue weighted by Crippen LogP contribution is 2.41. The maximum atomic E-state index is 13.2. The van der Waals surface area contributed by atoms with Gasteiger partial charge in [0.05, 0.1) is 13.7 Å². The van der Waals surface area contributed by atoms with Crippen molar-refractivity contribution < 1.29 is 9.53 Å². The number of hydrogen-bond donors (Lipinski definition) is 1. The molecule has 0 unspecified atom stereocenters. The zero-order chi connectivity index (χ0) is 23.7. The number of aromatic nitrogens is 3. The van der Waals surface area contributed by atoms with Crippen LogP contribution in [0, 0.1) is 0 Å². The van der Waals surface area contributed by atoms with E-state index in [4.69, 9.17) is 10.5 Å². The molecule has 7 nitrogen and oxygen atoms in total. The van der Waals surface area contributed by atoms with Crippen molar-refractivity contribution in [1.29, 1.82) is 0 Å². The van der Waals surface area contributed by atoms with Crippen LogP contribution in [0.25, 0.3) is 11.4 Å². The topological polar surface area (TPSA) is 86.3 Å². The first-order valence-electron chi connectivity index (χ1n) is 11.8. The summed E-state index contributed by atoms with van der Waals surface area (Å²) in [5.41, 5.74) is 9.92. The number of amides is 1. The van der Waals surface area contributed by atoms with Crippen LogP contribution in [-0.4, -0.2) is 45.3 Å². The van der Waals surface area contributed by atoms with Crippen LogP contribution in [0.2, 0.25) is 0 Å². The van der Waals surface area contributed by atoms with E-state index in [9.17, 15) is 4.79 Å². The molecule has 5 rings (SSSR count). The fraction of sp³-hybridized carbons (Fsp3) is 0.423. The van der Waals surface area contributed by atoms with Gasteiger partial charge >= 0.3 is 0 Å². The number of hydrogen-bond acceptors (Lipinski definition) is 5. The molecule has 0 saturated heterocycles. The summed E-state index contributed by atoms with van der Waals surface area (Å²) in [6, 6.07) is 16.8. The first-order chi connectivity index (χ1) is 16.6. The third-order valence-electron chi connectivity index (χ3n) is 7.52. The Morgan fingerprint density at radius 1 is 1.12 bits per heavy atom. The molecule has 3 aromatic rings. The van der Waals surface area contributed by atoms with E-state index in [1.165, 1.54) is 11.1 Å². The summed E-state index contributed by atoms with van der Waals surface area (Å²) in [6.45, 7) is 1.40. The number of carbonyl (C=O) groups excluding carboxylic acids is 1. The molecule has 34 heavy (non-hydrogen) atoms. The van der Waals surface area contributed by atoms with Crippen LogP contribution >= 0.6 is 22.6 Å². The van der Waals surface area contributed by atoms with Gasteiger partial charge in [0.1, 0.15) is 12.3 Å². The van der Waals surface area contributed by atoms with Gasteiger partial charge in [-0.25, -0.2) is 0 Å². The van der Waals surface area contributed by atoms with Crippen molar-refractivity contribution in [2.75, 3.05) is 13.7 Å². The lowest BCUT2D eigenvalue weighted by Crippen LogP contribution is -2.50. The molecule has 2 heterocycles. The van der Waals surface area contributed by atoms with E-state index in [2.05, 4.69) is 57.1 Å². The smallest absolute Gasteiger partial charge is 0.243 e. The van der Waals surface area contributed by atoms with Crippen LogP contribution < -0.4 is 10.5 Å². The molecule has 1 aliphatic heterocycles. The summed E-state index contributed by atoms with van der Waals surface area (Å²) in [7, 11) is 1.64. The van der Waals surface area contributed by atoms with Gasteiger partial charge < -0.3 is 15.4 Å². The summed E-state index contributed by atoms with van der Waals surface area (Å²) in [4.78, 5) is 15.3. The van der Waals surface area contributed by atoms with Crippen molar-refractivity contribution in [3.05, 3.63) is 65.5 Å². The minimum atomic E-state index is -0.00326.